The second kappa shape index (κ2) is 64.8. The zero-order chi connectivity index (χ0) is 75.3. The maximum atomic E-state index is 13.5. The maximum absolute atomic E-state index is 13.5. The molecule has 0 aliphatic carbocycles. The molecule has 12 N–H and O–H groups in total. The Balaban J connectivity index is 1.33. The van der Waals surface area contributed by atoms with Crippen LogP contribution in [0.4, 0.5) is 0 Å². The average Bonchev–Trinajstić information content (AvgIpc) is 0.783. The quantitative estimate of drug-likeness (QED) is 0.0199. The van der Waals surface area contributed by atoms with Crippen molar-refractivity contribution in [2.24, 2.45) is 0 Å². The topological polar surface area (TPSA) is 307 Å². The minimum Gasteiger partial charge on any atom is -0.394 e. The van der Waals surface area contributed by atoms with Gasteiger partial charge in [-0.15, -0.1) is 0 Å². The lowest BCUT2D eigenvalue weighted by atomic mass is 9.96. The monoisotopic (exact) mass is 1470 g/mol. The van der Waals surface area contributed by atoms with Crippen LogP contribution in [-0.4, -0.2) is 193 Å². The van der Waals surface area contributed by atoms with Crippen LogP contribution in [0.5, 0.6) is 0 Å². The van der Waals surface area contributed by atoms with Crippen molar-refractivity contribution in [3.05, 3.63) is 85.1 Å². The Hall–Kier alpha value is -3.03. The summed E-state index contributed by atoms with van der Waals surface area (Å²) in [4.78, 5) is 13.5. The van der Waals surface area contributed by atoms with E-state index in [1.165, 1.54) is 186 Å². The van der Waals surface area contributed by atoms with Crippen LogP contribution in [0.15, 0.2) is 85.1 Å². The summed E-state index contributed by atoms with van der Waals surface area (Å²) in [6, 6.07) is -0.892. The third-order valence-corrected chi connectivity index (χ3v) is 20.5. The first kappa shape index (κ1) is 95.2. The number of nitrogens with one attached hydrogen (secondary N) is 1. The predicted octanol–water partition coefficient (Wildman–Crippen LogP) is 14.6. The first-order valence-electron chi connectivity index (χ1n) is 41.8. The molecule has 0 aromatic carbocycles. The minimum absolute atomic E-state index is 0.241. The molecule has 3 fully saturated rings. The molecule has 3 aliphatic heterocycles. The Morgan fingerprint density at radius 3 is 1.04 bits per heavy atom. The van der Waals surface area contributed by atoms with Gasteiger partial charge in [0.15, 0.2) is 18.9 Å². The van der Waals surface area contributed by atoms with Gasteiger partial charge in [0.1, 0.15) is 73.2 Å². The normalized spacial score (nSPS) is 26.3. The molecule has 0 spiro atoms. The summed E-state index contributed by atoms with van der Waals surface area (Å²) in [6.07, 6.45) is 59.5. The predicted molar refractivity (Wildman–Crippen MR) is 415 cm³/mol. The number of aliphatic hydroxyl groups excluding tert-OH is 11. The Morgan fingerprint density at radius 1 is 0.356 bits per heavy atom. The van der Waals surface area contributed by atoms with Crippen molar-refractivity contribution >= 4 is 5.91 Å². The number of carbonyl (C=O) groups is 1. The summed E-state index contributed by atoms with van der Waals surface area (Å²) in [5, 5.41) is 121. The Bertz CT molecular complexity index is 2210. The second-order valence-electron chi connectivity index (χ2n) is 29.6. The van der Waals surface area contributed by atoms with Gasteiger partial charge < -0.3 is 89.9 Å². The van der Waals surface area contributed by atoms with Crippen LogP contribution in [0.1, 0.15) is 316 Å². The molecule has 17 atom stereocenters. The average molecular weight is 1480 g/mol. The van der Waals surface area contributed by atoms with Gasteiger partial charge in [0.25, 0.3) is 0 Å². The van der Waals surface area contributed by atoms with Crippen LogP contribution < -0.4 is 5.32 Å². The largest absolute Gasteiger partial charge is 0.394 e. The van der Waals surface area contributed by atoms with Crippen molar-refractivity contribution in [2.75, 3.05) is 26.4 Å². The molecular formula is C85H151NO18. The molecule has 3 aliphatic rings. The highest BCUT2D eigenvalue weighted by atomic mass is 16.8. The molecule has 104 heavy (non-hydrogen) atoms. The van der Waals surface area contributed by atoms with Gasteiger partial charge >= 0.3 is 0 Å². The molecule has 3 saturated heterocycles. The number of rotatable bonds is 66. The number of hydrogen-bond acceptors (Lipinski definition) is 18. The van der Waals surface area contributed by atoms with E-state index < -0.39 is 124 Å². The van der Waals surface area contributed by atoms with Gasteiger partial charge in [-0.3, -0.25) is 4.79 Å². The summed E-state index contributed by atoms with van der Waals surface area (Å²) < 4.78 is 34.5. The van der Waals surface area contributed by atoms with Gasteiger partial charge in [-0.05, 0) is 70.6 Å². The van der Waals surface area contributed by atoms with Crippen molar-refractivity contribution in [3.8, 4) is 0 Å². The van der Waals surface area contributed by atoms with Crippen molar-refractivity contribution in [2.45, 2.75) is 420 Å². The zero-order valence-electron chi connectivity index (χ0n) is 64.7. The fourth-order valence-corrected chi connectivity index (χ4v) is 13.8. The van der Waals surface area contributed by atoms with E-state index in [-0.39, 0.29) is 18.9 Å². The first-order valence-corrected chi connectivity index (χ1v) is 41.8. The summed E-state index contributed by atoms with van der Waals surface area (Å²) in [5.41, 5.74) is 0. The maximum Gasteiger partial charge on any atom is 0.220 e. The lowest BCUT2D eigenvalue weighted by Crippen LogP contribution is -2.66. The molecule has 19 heteroatoms. The molecule has 3 heterocycles. The minimum atomic E-state index is -1.98. The number of allylic oxidation sites excluding steroid dienone is 14. The van der Waals surface area contributed by atoms with Crippen molar-refractivity contribution < 1.29 is 89.4 Å². The van der Waals surface area contributed by atoms with E-state index in [2.05, 4.69) is 104 Å². The Labute approximate surface area is 629 Å². The number of hydrogen-bond donors (Lipinski definition) is 12. The van der Waals surface area contributed by atoms with E-state index in [4.69, 9.17) is 28.4 Å². The van der Waals surface area contributed by atoms with Crippen LogP contribution >= 0.6 is 0 Å². The lowest BCUT2D eigenvalue weighted by Gasteiger charge is -2.48. The third kappa shape index (κ3) is 44.0. The van der Waals surface area contributed by atoms with Gasteiger partial charge in [-0.25, -0.2) is 0 Å². The molecule has 604 valence electrons. The number of unbranched alkanes of at least 4 members (excludes halogenated alkanes) is 36. The van der Waals surface area contributed by atoms with Gasteiger partial charge in [-0.2, -0.15) is 0 Å². The number of carbonyl (C=O) groups excluding carboxylic acids is 1. The molecule has 19 nitrogen and oxygen atoms in total. The van der Waals surface area contributed by atoms with Crippen LogP contribution in [0.2, 0.25) is 0 Å². The van der Waals surface area contributed by atoms with Gasteiger partial charge in [-0.1, -0.05) is 324 Å². The summed E-state index contributed by atoms with van der Waals surface area (Å²) in [5.74, 6) is -0.241. The van der Waals surface area contributed by atoms with Crippen LogP contribution in [0.3, 0.4) is 0 Å². The Kier molecular flexibility index (Phi) is 59.3. The number of ether oxygens (including phenoxy) is 6. The number of aliphatic hydroxyl groups is 11. The van der Waals surface area contributed by atoms with Gasteiger partial charge in [0.2, 0.25) is 5.91 Å². The first-order chi connectivity index (χ1) is 50.8. The fourth-order valence-electron chi connectivity index (χ4n) is 13.8. The SMILES string of the molecule is CC/C=C\C/C=C\C/C=C\C/C=C\C/C=C\C/C=C\C/C=C\CCCCCCCCCCCCCCCCCC(=O)NC(COC1OC(CO)C(OC2OC(CO)C(OC3OC(CO)C(O)C(O)C3O)C(O)C2O)C(O)C1O)C(O)CCCCCCCCCCCCCCCCCCCCCCCC. The molecule has 0 aromatic rings. The molecular weight excluding hydrogens is 1320 g/mol. The van der Waals surface area contributed by atoms with E-state index in [0.29, 0.717) is 12.8 Å². The molecule has 3 rings (SSSR count). The van der Waals surface area contributed by atoms with Crippen molar-refractivity contribution in [3.63, 3.8) is 0 Å². The highest BCUT2D eigenvalue weighted by Crippen LogP contribution is 2.33. The lowest BCUT2D eigenvalue weighted by molar-refractivity contribution is -0.379. The van der Waals surface area contributed by atoms with E-state index in [9.17, 15) is 61.0 Å². The third-order valence-electron chi connectivity index (χ3n) is 20.5. The highest BCUT2D eigenvalue weighted by Gasteiger charge is 2.54. The molecule has 1 amide bonds. The van der Waals surface area contributed by atoms with Crippen LogP contribution in [0.25, 0.3) is 0 Å². The smallest absolute Gasteiger partial charge is 0.220 e. The van der Waals surface area contributed by atoms with E-state index >= 15 is 0 Å². The van der Waals surface area contributed by atoms with Crippen molar-refractivity contribution in [1.29, 1.82) is 0 Å². The van der Waals surface area contributed by atoms with Gasteiger partial charge in [0, 0.05) is 6.42 Å². The van der Waals surface area contributed by atoms with Gasteiger partial charge in [0.05, 0.1) is 38.6 Å². The molecule has 0 aromatic heterocycles. The molecule has 0 bridgehead atoms. The summed E-state index contributed by atoms with van der Waals surface area (Å²) >= 11 is 0. The van der Waals surface area contributed by atoms with E-state index in [1.807, 2.05) is 0 Å². The van der Waals surface area contributed by atoms with Crippen molar-refractivity contribution in [1.82, 2.24) is 5.32 Å². The molecule has 17 unspecified atom stereocenters. The van der Waals surface area contributed by atoms with Crippen LogP contribution in [0, 0.1) is 0 Å². The fraction of sp³-hybridized carbons (Fsp3) is 0.824. The standard InChI is InChI=1S/C85H151NO18/c1-3-5-7-9-11-13-15-17-19-21-23-25-27-28-29-30-31-32-33-34-35-36-37-38-39-40-41-43-45-47-49-51-53-55-57-59-61-63-73(91)86-68(69(90)62-60-58-56-54-52-50-48-46-44-42-26-24-22-20-18-16-14-12-10-8-6-4-2)67-99-83-79(97)76(94)81(71(65-88)101-83)104-85-80(98)77(95)82(72(66-89)102-85)103-84-78(96)75(93)74(92)70(64-87)100-84/h5,7,11,13,17,19,23,25,28-29,31-32,34-35,68-72,74-85,87-90,92-98H,3-4,6,8-10,12,14-16,18,20-22,24,26-27,30,33,36-67H2,1-2H3,(H,86,91)/b7-5-,13-11-,19-17-,25-23-,29-28-,32-31-,35-34-. The van der Waals surface area contributed by atoms with E-state index in [0.717, 1.165) is 96.3 Å². The van der Waals surface area contributed by atoms with Crippen LogP contribution in [-0.2, 0) is 33.2 Å². The summed E-state index contributed by atoms with van der Waals surface area (Å²) in [6.45, 7) is 1.72. The van der Waals surface area contributed by atoms with E-state index in [1.54, 1.807) is 0 Å². The molecule has 0 saturated carbocycles. The summed E-state index contributed by atoms with van der Waals surface area (Å²) in [7, 11) is 0. The Morgan fingerprint density at radius 2 is 0.663 bits per heavy atom. The molecule has 0 radical (unpaired) electrons. The highest BCUT2D eigenvalue weighted by molar-refractivity contribution is 5.76. The number of amides is 1. The second-order valence-corrected chi connectivity index (χ2v) is 29.6. The zero-order valence-corrected chi connectivity index (χ0v) is 64.7.